The van der Waals surface area contributed by atoms with E-state index in [0.717, 1.165) is 5.69 Å². The van der Waals surface area contributed by atoms with E-state index in [4.69, 9.17) is 0 Å². The van der Waals surface area contributed by atoms with Crippen molar-refractivity contribution in [1.82, 2.24) is 4.98 Å². The summed E-state index contributed by atoms with van der Waals surface area (Å²) in [6, 6.07) is 46.7. The van der Waals surface area contributed by atoms with E-state index in [0.29, 0.717) is 0 Å². The summed E-state index contributed by atoms with van der Waals surface area (Å²) < 4.78 is 0. The van der Waals surface area contributed by atoms with Crippen molar-refractivity contribution < 1.29 is 0 Å². The fourth-order valence-corrected chi connectivity index (χ4v) is 6.45. The lowest BCUT2D eigenvalue weighted by molar-refractivity contribution is 1.20. The van der Waals surface area contributed by atoms with E-state index in [1.54, 1.807) is 0 Å². The molecule has 0 bridgehead atoms. The van der Waals surface area contributed by atoms with Gasteiger partial charge in [0, 0.05) is 34.4 Å². The van der Waals surface area contributed by atoms with Gasteiger partial charge >= 0.3 is 6.85 Å². The molecule has 182 valence electrons. The molecule has 2 nitrogen and oxygen atoms in total. The zero-order valence-corrected chi connectivity index (χ0v) is 21.7. The number of anilines is 2. The smallest absolute Gasteiger partial charge is 0.329 e. The Hall–Kier alpha value is -4.89. The van der Waals surface area contributed by atoms with E-state index in [2.05, 4.69) is 137 Å². The summed E-state index contributed by atoms with van der Waals surface area (Å²) in [5.41, 5.74) is 16.3. The van der Waals surface area contributed by atoms with Crippen LogP contribution >= 0.6 is 0 Å². The van der Waals surface area contributed by atoms with Crippen LogP contribution in [0.1, 0.15) is 5.69 Å². The van der Waals surface area contributed by atoms with Gasteiger partial charge in [-0.05, 0) is 81.6 Å². The SMILES string of the molecule is Cc1cc(-c2ccc(-c3ccc4c(c3)-c3ccccc3B3c5ccccc5-c5ccccc5N34)cc2)ccn1. The Morgan fingerprint density at radius 3 is 1.72 bits per heavy atom. The lowest BCUT2D eigenvalue weighted by atomic mass is 9.43. The Bertz CT molecular complexity index is 1890. The maximum Gasteiger partial charge on any atom is 0.329 e. The molecule has 0 fully saturated rings. The number of aromatic nitrogens is 1. The largest absolute Gasteiger partial charge is 0.376 e. The quantitative estimate of drug-likeness (QED) is 0.229. The van der Waals surface area contributed by atoms with Gasteiger partial charge in [0.25, 0.3) is 0 Å². The van der Waals surface area contributed by atoms with Crippen LogP contribution in [0.5, 0.6) is 0 Å². The van der Waals surface area contributed by atoms with Crippen molar-refractivity contribution in [1.29, 1.82) is 0 Å². The minimum absolute atomic E-state index is 0.147. The van der Waals surface area contributed by atoms with Gasteiger partial charge in [-0.15, -0.1) is 0 Å². The fourth-order valence-electron chi connectivity index (χ4n) is 6.45. The van der Waals surface area contributed by atoms with Crippen LogP contribution in [-0.2, 0) is 0 Å². The van der Waals surface area contributed by atoms with Crippen molar-refractivity contribution in [2.24, 2.45) is 0 Å². The van der Waals surface area contributed by atoms with Gasteiger partial charge in [-0.1, -0.05) is 97.1 Å². The Balaban J connectivity index is 1.29. The Morgan fingerprint density at radius 1 is 0.487 bits per heavy atom. The third-order valence-corrected chi connectivity index (χ3v) is 8.22. The molecule has 0 radical (unpaired) electrons. The van der Waals surface area contributed by atoms with Crippen LogP contribution in [-0.4, -0.2) is 11.8 Å². The molecule has 0 amide bonds. The summed E-state index contributed by atoms with van der Waals surface area (Å²) in [6.07, 6.45) is 1.88. The van der Waals surface area contributed by atoms with Crippen LogP contribution in [0.4, 0.5) is 11.4 Å². The minimum atomic E-state index is 0.147. The number of para-hydroxylation sites is 1. The molecule has 0 spiro atoms. The van der Waals surface area contributed by atoms with Gasteiger partial charge in [0.15, 0.2) is 0 Å². The van der Waals surface area contributed by atoms with Crippen molar-refractivity contribution in [3.05, 3.63) is 139 Å². The molecule has 3 heterocycles. The average molecular weight is 496 g/mol. The molecule has 6 aromatic rings. The highest BCUT2D eigenvalue weighted by Gasteiger charge is 2.41. The van der Waals surface area contributed by atoms with Gasteiger partial charge in [0.05, 0.1) is 0 Å². The van der Waals surface area contributed by atoms with Gasteiger partial charge in [0.1, 0.15) is 0 Å². The van der Waals surface area contributed by atoms with E-state index in [9.17, 15) is 0 Å². The summed E-state index contributed by atoms with van der Waals surface area (Å²) in [5.74, 6) is 0. The highest BCUT2D eigenvalue weighted by molar-refractivity contribution is 6.92. The summed E-state index contributed by atoms with van der Waals surface area (Å²) in [4.78, 5) is 6.89. The van der Waals surface area contributed by atoms with Crippen LogP contribution in [0, 0.1) is 6.92 Å². The van der Waals surface area contributed by atoms with Crippen molar-refractivity contribution in [3.8, 4) is 44.5 Å². The number of fused-ring (bicyclic) bond motifs is 11. The van der Waals surface area contributed by atoms with Gasteiger partial charge in [-0.25, -0.2) is 0 Å². The topological polar surface area (TPSA) is 16.1 Å². The molecule has 0 N–H and O–H groups in total. The van der Waals surface area contributed by atoms with E-state index in [1.165, 1.54) is 66.8 Å². The van der Waals surface area contributed by atoms with Gasteiger partial charge in [-0.3, -0.25) is 4.98 Å². The first-order valence-corrected chi connectivity index (χ1v) is 13.5. The maximum atomic E-state index is 4.34. The molecule has 1 aromatic heterocycles. The number of nitrogens with zero attached hydrogens (tertiary/aromatic N) is 2. The predicted molar refractivity (Wildman–Crippen MR) is 164 cm³/mol. The predicted octanol–water partition coefficient (Wildman–Crippen LogP) is 7.63. The van der Waals surface area contributed by atoms with E-state index < -0.39 is 0 Å². The molecular formula is C36H25BN2. The molecule has 2 aliphatic rings. The monoisotopic (exact) mass is 496 g/mol. The van der Waals surface area contributed by atoms with Crippen LogP contribution in [0.2, 0.25) is 0 Å². The zero-order chi connectivity index (χ0) is 25.9. The molecule has 5 aromatic carbocycles. The summed E-state index contributed by atoms with van der Waals surface area (Å²) in [7, 11) is 0. The number of benzene rings is 5. The van der Waals surface area contributed by atoms with Gasteiger partial charge in [-0.2, -0.15) is 0 Å². The second-order valence-electron chi connectivity index (χ2n) is 10.5. The number of rotatable bonds is 2. The normalized spacial score (nSPS) is 12.6. The Labute approximate surface area is 229 Å². The second-order valence-corrected chi connectivity index (χ2v) is 10.5. The summed E-state index contributed by atoms with van der Waals surface area (Å²) in [6.45, 7) is 2.18. The molecule has 3 heteroatoms. The number of aryl methyl sites for hydroxylation is 1. The second kappa shape index (κ2) is 8.57. The van der Waals surface area contributed by atoms with Crippen molar-refractivity contribution in [3.63, 3.8) is 0 Å². The van der Waals surface area contributed by atoms with Crippen LogP contribution in [0.25, 0.3) is 44.5 Å². The number of hydrogen-bond donors (Lipinski definition) is 0. The lowest BCUT2D eigenvalue weighted by Gasteiger charge is -2.43. The molecule has 0 aliphatic carbocycles. The van der Waals surface area contributed by atoms with Crippen LogP contribution < -0.4 is 15.7 Å². The molecule has 0 saturated carbocycles. The molecule has 0 saturated heterocycles. The first-order valence-electron chi connectivity index (χ1n) is 13.5. The summed E-state index contributed by atoms with van der Waals surface area (Å²) in [5, 5.41) is 0. The Morgan fingerprint density at radius 2 is 1.03 bits per heavy atom. The Kier molecular flexibility index (Phi) is 4.87. The van der Waals surface area contributed by atoms with Crippen LogP contribution in [0.3, 0.4) is 0 Å². The van der Waals surface area contributed by atoms with E-state index in [1.807, 2.05) is 13.1 Å². The van der Waals surface area contributed by atoms with E-state index in [-0.39, 0.29) is 6.85 Å². The first kappa shape index (κ1) is 22.1. The lowest BCUT2D eigenvalue weighted by Crippen LogP contribution is -2.59. The van der Waals surface area contributed by atoms with Crippen molar-refractivity contribution in [2.45, 2.75) is 6.92 Å². The van der Waals surface area contributed by atoms with Crippen molar-refractivity contribution in [2.75, 3.05) is 4.81 Å². The fraction of sp³-hybridized carbons (Fsp3) is 0.0278. The third kappa shape index (κ3) is 3.40. The number of hydrogen-bond acceptors (Lipinski definition) is 2. The van der Waals surface area contributed by atoms with E-state index >= 15 is 0 Å². The van der Waals surface area contributed by atoms with Crippen molar-refractivity contribution >= 4 is 29.1 Å². The molecule has 39 heavy (non-hydrogen) atoms. The maximum absolute atomic E-state index is 4.34. The zero-order valence-electron chi connectivity index (χ0n) is 21.7. The average Bonchev–Trinajstić information content (AvgIpc) is 3.00. The van der Waals surface area contributed by atoms with Gasteiger partial charge in [0.2, 0.25) is 0 Å². The minimum Gasteiger partial charge on any atom is -0.376 e. The highest BCUT2D eigenvalue weighted by atomic mass is 15.1. The van der Waals surface area contributed by atoms with Gasteiger partial charge < -0.3 is 4.81 Å². The first-order chi connectivity index (χ1) is 19.3. The molecule has 2 aliphatic heterocycles. The third-order valence-electron chi connectivity index (χ3n) is 8.22. The molecule has 8 rings (SSSR count). The molecular weight excluding hydrogens is 471 g/mol. The highest BCUT2D eigenvalue weighted by Crippen LogP contribution is 2.46. The summed E-state index contributed by atoms with van der Waals surface area (Å²) >= 11 is 0. The van der Waals surface area contributed by atoms with Crippen LogP contribution in [0.15, 0.2) is 134 Å². The molecule has 0 atom stereocenters. The standard InChI is InChI=1S/C36H25BN2/c1-24-22-28(20-21-38-24)26-16-14-25(15-17-26)27-18-19-36-32(23-27)30-9-3-6-12-34(30)37-33-11-5-2-8-29(33)31-10-4-7-13-35(31)39(36)37/h2-23H,1H3. The number of pyridine rings is 1. The molecule has 0 unspecified atom stereocenters.